The number of hydrogen-bond donors (Lipinski definition) is 2. The molecule has 0 bridgehead atoms. The zero-order chi connectivity index (χ0) is 14.1. The summed E-state index contributed by atoms with van der Waals surface area (Å²) in [7, 11) is 0. The maximum atomic E-state index is 13.0. The second-order valence-electron chi connectivity index (χ2n) is 6.66. The van der Waals surface area contributed by atoms with E-state index in [4.69, 9.17) is 0 Å². The van der Waals surface area contributed by atoms with Crippen molar-refractivity contribution in [1.82, 2.24) is 10.6 Å². The van der Waals surface area contributed by atoms with Gasteiger partial charge < -0.3 is 5.32 Å². The number of carbonyl (C=O) groups excluding carboxylic acids is 1. The molecule has 1 saturated carbocycles. The predicted octanol–water partition coefficient (Wildman–Crippen LogP) is 2.32. The molecule has 2 N–H and O–H groups in total. The van der Waals surface area contributed by atoms with E-state index in [-0.39, 0.29) is 24.3 Å². The number of rotatable bonds is 5. The van der Waals surface area contributed by atoms with Gasteiger partial charge in [-0.25, -0.2) is 8.78 Å². The summed E-state index contributed by atoms with van der Waals surface area (Å²) in [6, 6.07) is -0.730. The summed E-state index contributed by atoms with van der Waals surface area (Å²) < 4.78 is 26.1. The molecule has 0 spiro atoms. The number of carbonyl (C=O) groups is 1. The quantitative estimate of drug-likeness (QED) is 0.808. The Morgan fingerprint density at radius 1 is 1.42 bits per heavy atom. The molecule has 0 radical (unpaired) electrons. The van der Waals surface area contributed by atoms with Crippen LogP contribution in [-0.4, -0.2) is 31.0 Å². The third-order valence-corrected chi connectivity index (χ3v) is 4.32. The van der Waals surface area contributed by atoms with E-state index in [0.29, 0.717) is 12.5 Å². The Kier molecular flexibility index (Phi) is 4.14. The largest absolute Gasteiger partial charge is 0.354 e. The van der Waals surface area contributed by atoms with Crippen LogP contribution in [0.15, 0.2) is 0 Å². The molecule has 2 aliphatic rings. The van der Waals surface area contributed by atoms with Crippen molar-refractivity contribution in [3.05, 3.63) is 0 Å². The van der Waals surface area contributed by atoms with Crippen molar-refractivity contribution in [2.45, 2.75) is 57.9 Å². The lowest BCUT2D eigenvalue weighted by atomic mass is 9.64. The van der Waals surface area contributed by atoms with Crippen molar-refractivity contribution < 1.29 is 13.6 Å². The number of alkyl halides is 2. The van der Waals surface area contributed by atoms with Gasteiger partial charge in [0.2, 0.25) is 5.91 Å². The number of nitrogens with one attached hydrogen (secondary N) is 2. The molecule has 0 aromatic heterocycles. The maximum absolute atomic E-state index is 13.0. The summed E-state index contributed by atoms with van der Waals surface area (Å²) in [4.78, 5) is 11.9. The zero-order valence-electron chi connectivity index (χ0n) is 11.8. The lowest BCUT2D eigenvalue weighted by Gasteiger charge is -2.43. The van der Waals surface area contributed by atoms with E-state index in [1.54, 1.807) is 0 Å². The zero-order valence-corrected chi connectivity index (χ0v) is 11.8. The van der Waals surface area contributed by atoms with Crippen LogP contribution in [0.2, 0.25) is 0 Å². The summed E-state index contributed by atoms with van der Waals surface area (Å²) in [6.07, 6.45) is 4.21. The molecule has 0 aromatic rings. The monoisotopic (exact) mass is 274 g/mol. The summed E-state index contributed by atoms with van der Waals surface area (Å²) >= 11 is 0. The standard InChI is InChI=1S/C14H24F2N2O/c1-10(2)6-13(4-3-5-13)8-18-12(19)11-7-14(15,16)9-17-11/h10-11,17H,3-9H2,1-2H3,(H,18,19). The van der Waals surface area contributed by atoms with Crippen LogP contribution in [0.3, 0.4) is 0 Å². The Balaban J connectivity index is 1.80. The first-order chi connectivity index (χ1) is 8.82. The van der Waals surface area contributed by atoms with Crippen LogP contribution in [0.25, 0.3) is 0 Å². The van der Waals surface area contributed by atoms with Crippen LogP contribution in [0.4, 0.5) is 8.78 Å². The van der Waals surface area contributed by atoms with Crippen LogP contribution in [-0.2, 0) is 4.79 Å². The van der Waals surface area contributed by atoms with Gasteiger partial charge in [0.15, 0.2) is 0 Å². The van der Waals surface area contributed by atoms with Crippen LogP contribution in [0.5, 0.6) is 0 Å². The second kappa shape index (κ2) is 5.35. The molecule has 5 heteroatoms. The highest BCUT2D eigenvalue weighted by Gasteiger charge is 2.43. The van der Waals surface area contributed by atoms with E-state index in [2.05, 4.69) is 24.5 Å². The number of amides is 1. The lowest BCUT2D eigenvalue weighted by molar-refractivity contribution is -0.124. The molecule has 2 fully saturated rings. The van der Waals surface area contributed by atoms with Gasteiger partial charge in [0.25, 0.3) is 5.92 Å². The Labute approximate surface area is 113 Å². The highest BCUT2D eigenvalue weighted by molar-refractivity contribution is 5.82. The normalized spacial score (nSPS) is 28.2. The van der Waals surface area contributed by atoms with Crippen molar-refractivity contribution in [2.24, 2.45) is 11.3 Å². The van der Waals surface area contributed by atoms with E-state index in [1.165, 1.54) is 6.42 Å². The first-order valence-corrected chi connectivity index (χ1v) is 7.21. The molecule has 1 heterocycles. The van der Waals surface area contributed by atoms with Crippen molar-refractivity contribution in [3.63, 3.8) is 0 Å². The molecule has 0 aromatic carbocycles. The van der Waals surface area contributed by atoms with E-state index in [9.17, 15) is 13.6 Å². The Morgan fingerprint density at radius 3 is 2.53 bits per heavy atom. The molecule has 1 aliphatic heterocycles. The minimum absolute atomic E-state index is 0.213. The SMILES string of the molecule is CC(C)CC1(CNC(=O)C2CC(F)(F)CN2)CCC1. The third-order valence-electron chi connectivity index (χ3n) is 4.32. The molecule has 1 unspecified atom stereocenters. The maximum Gasteiger partial charge on any atom is 0.262 e. The van der Waals surface area contributed by atoms with E-state index in [1.807, 2.05) is 0 Å². The fourth-order valence-corrected chi connectivity index (χ4v) is 3.29. The molecule has 19 heavy (non-hydrogen) atoms. The molecule has 110 valence electrons. The summed E-state index contributed by atoms with van der Waals surface area (Å²) in [6.45, 7) is 4.61. The molecule has 3 nitrogen and oxygen atoms in total. The molecular formula is C14H24F2N2O. The Hall–Kier alpha value is -0.710. The highest BCUT2D eigenvalue weighted by atomic mass is 19.3. The van der Waals surface area contributed by atoms with Crippen LogP contribution in [0.1, 0.15) is 46.0 Å². The van der Waals surface area contributed by atoms with Crippen molar-refractivity contribution in [2.75, 3.05) is 13.1 Å². The molecule has 1 saturated heterocycles. The fraction of sp³-hybridized carbons (Fsp3) is 0.929. The Morgan fingerprint density at radius 2 is 2.11 bits per heavy atom. The molecular weight excluding hydrogens is 250 g/mol. The fourth-order valence-electron chi connectivity index (χ4n) is 3.29. The van der Waals surface area contributed by atoms with Gasteiger partial charge in [-0.05, 0) is 30.6 Å². The summed E-state index contributed by atoms with van der Waals surface area (Å²) in [5, 5.41) is 5.47. The van der Waals surface area contributed by atoms with Crippen molar-refractivity contribution in [3.8, 4) is 0 Å². The van der Waals surface area contributed by atoms with Crippen LogP contribution >= 0.6 is 0 Å². The predicted molar refractivity (Wildman–Crippen MR) is 70.1 cm³/mol. The van der Waals surface area contributed by atoms with Crippen LogP contribution in [0, 0.1) is 11.3 Å². The summed E-state index contributed by atoms with van der Waals surface area (Å²) in [5.41, 5.74) is 0.213. The summed E-state index contributed by atoms with van der Waals surface area (Å²) in [5.74, 6) is -2.41. The van der Waals surface area contributed by atoms with E-state index >= 15 is 0 Å². The van der Waals surface area contributed by atoms with Crippen LogP contribution < -0.4 is 10.6 Å². The smallest absolute Gasteiger partial charge is 0.262 e. The van der Waals surface area contributed by atoms with Gasteiger partial charge in [-0.1, -0.05) is 20.3 Å². The average Bonchev–Trinajstić information content (AvgIpc) is 2.62. The average molecular weight is 274 g/mol. The molecule has 1 amide bonds. The molecule has 1 atom stereocenters. The number of halogens is 2. The van der Waals surface area contributed by atoms with Gasteiger partial charge in [-0.3, -0.25) is 10.1 Å². The van der Waals surface area contributed by atoms with Crippen molar-refractivity contribution >= 4 is 5.91 Å². The minimum Gasteiger partial charge on any atom is -0.354 e. The lowest BCUT2D eigenvalue weighted by Crippen LogP contribution is -2.47. The van der Waals surface area contributed by atoms with Gasteiger partial charge in [-0.15, -0.1) is 0 Å². The third kappa shape index (κ3) is 3.65. The topological polar surface area (TPSA) is 41.1 Å². The Bertz CT molecular complexity index is 340. The van der Waals surface area contributed by atoms with Gasteiger partial charge >= 0.3 is 0 Å². The van der Waals surface area contributed by atoms with E-state index in [0.717, 1.165) is 19.3 Å². The first kappa shape index (κ1) is 14.7. The minimum atomic E-state index is -2.74. The number of hydrogen-bond acceptors (Lipinski definition) is 2. The van der Waals surface area contributed by atoms with Gasteiger partial charge in [-0.2, -0.15) is 0 Å². The highest BCUT2D eigenvalue weighted by Crippen LogP contribution is 2.45. The van der Waals surface area contributed by atoms with Gasteiger partial charge in [0.1, 0.15) is 0 Å². The second-order valence-corrected chi connectivity index (χ2v) is 6.66. The van der Waals surface area contributed by atoms with Gasteiger partial charge in [0, 0.05) is 13.0 Å². The van der Waals surface area contributed by atoms with Gasteiger partial charge in [0.05, 0.1) is 12.6 Å². The van der Waals surface area contributed by atoms with E-state index < -0.39 is 12.0 Å². The molecule has 2 rings (SSSR count). The first-order valence-electron chi connectivity index (χ1n) is 7.21. The molecule has 1 aliphatic carbocycles. The van der Waals surface area contributed by atoms with Crippen molar-refractivity contribution in [1.29, 1.82) is 0 Å².